The molecule has 22 heavy (non-hydrogen) atoms. The summed E-state index contributed by atoms with van der Waals surface area (Å²) in [5, 5.41) is 10.6. The fraction of sp³-hybridized carbons (Fsp3) is 1.00. The van der Waals surface area contributed by atoms with Gasteiger partial charge in [-0.3, -0.25) is 0 Å². The van der Waals surface area contributed by atoms with Crippen LogP contribution in [0.3, 0.4) is 0 Å². The maximum Gasteiger partial charge on any atom is 0.214 e. The topological polar surface area (TPSA) is 66.8 Å². The van der Waals surface area contributed by atoms with E-state index in [1.807, 2.05) is 6.92 Å². The normalized spacial score (nSPS) is 35.0. The second-order valence-electron chi connectivity index (χ2n) is 8.24. The average molecular weight is 333 g/mol. The average Bonchev–Trinajstić information content (AvgIpc) is 2.85. The third-order valence-electron chi connectivity index (χ3n) is 5.03. The SMILES string of the molecule is CC(C)(C)CCS(=O)(=O)N1CCCC1C1COCCC1(C)O. The van der Waals surface area contributed by atoms with Crippen LogP contribution in [0.5, 0.6) is 0 Å². The van der Waals surface area contributed by atoms with Crippen molar-refractivity contribution in [1.82, 2.24) is 4.31 Å². The number of aliphatic hydroxyl groups is 1. The van der Waals surface area contributed by atoms with E-state index < -0.39 is 15.6 Å². The van der Waals surface area contributed by atoms with E-state index in [1.165, 1.54) is 0 Å². The molecule has 1 N–H and O–H groups in total. The zero-order valence-electron chi connectivity index (χ0n) is 14.3. The molecule has 0 aliphatic carbocycles. The van der Waals surface area contributed by atoms with E-state index in [0.29, 0.717) is 32.6 Å². The monoisotopic (exact) mass is 333 g/mol. The zero-order valence-corrected chi connectivity index (χ0v) is 15.2. The van der Waals surface area contributed by atoms with Crippen molar-refractivity contribution in [2.75, 3.05) is 25.5 Å². The molecule has 3 unspecified atom stereocenters. The Morgan fingerprint density at radius 3 is 2.64 bits per heavy atom. The number of hydrogen-bond donors (Lipinski definition) is 1. The van der Waals surface area contributed by atoms with Gasteiger partial charge < -0.3 is 9.84 Å². The highest BCUT2D eigenvalue weighted by atomic mass is 32.2. The molecule has 2 saturated heterocycles. The molecule has 2 heterocycles. The zero-order chi connectivity index (χ0) is 16.6. The minimum absolute atomic E-state index is 0.00172. The van der Waals surface area contributed by atoms with Crippen molar-refractivity contribution < 1.29 is 18.3 Å². The summed E-state index contributed by atoms with van der Waals surface area (Å²) in [5.41, 5.74) is -0.840. The molecule has 0 aromatic heterocycles. The molecular weight excluding hydrogens is 302 g/mol. The molecule has 2 aliphatic heterocycles. The first-order valence-electron chi connectivity index (χ1n) is 8.33. The van der Waals surface area contributed by atoms with Crippen LogP contribution >= 0.6 is 0 Å². The molecule has 0 radical (unpaired) electrons. The summed E-state index contributed by atoms with van der Waals surface area (Å²) in [4.78, 5) is 0. The lowest BCUT2D eigenvalue weighted by Crippen LogP contribution is -2.54. The van der Waals surface area contributed by atoms with E-state index in [9.17, 15) is 13.5 Å². The van der Waals surface area contributed by atoms with Crippen LogP contribution in [0.1, 0.15) is 53.4 Å². The lowest BCUT2D eigenvalue weighted by molar-refractivity contribution is -0.116. The van der Waals surface area contributed by atoms with E-state index in [0.717, 1.165) is 12.8 Å². The molecule has 130 valence electrons. The van der Waals surface area contributed by atoms with Crippen molar-refractivity contribution >= 4 is 10.0 Å². The predicted molar refractivity (Wildman–Crippen MR) is 87.1 cm³/mol. The Labute approximate surface area is 135 Å². The summed E-state index contributed by atoms with van der Waals surface area (Å²) >= 11 is 0. The minimum atomic E-state index is -3.28. The maximum atomic E-state index is 12.7. The molecule has 5 nitrogen and oxygen atoms in total. The van der Waals surface area contributed by atoms with Gasteiger partial charge in [0.25, 0.3) is 0 Å². The van der Waals surface area contributed by atoms with E-state index in [4.69, 9.17) is 4.74 Å². The highest BCUT2D eigenvalue weighted by Crippen LogP contribution is 2.37. The summed E-state index contributed by atoms with van der Waals surface area (Å²) in [6.07, 6.45) is 2.91. The Morgan fingerprint density at radius 1 is 1.36 bits per heavy atom. The quantitative estimate of drug-likeness (QED) is 0.854. The number of ether oxygens (including phenoxy) is 1. The molecular formula is C16H31NO4S. The molecule has 6 heteroatoms. The largest absolute Gasteiger partial charge is 0.390 e. The summed E-state index contributed by atoms with van der Waals surface area (Å²) in [7, 11) is -3.28. The van der Waals surface area contributed by atoms with Gasteiger partial charge in [-0.15, -0.1) is 0 Å². The van der Waals surface area contributed by atoms with E-state index in [1.54, 1.807) is 4.31 Å². The van der Waals surface area contributed by atoms with E-state index in [-0.39, 0.29) is 23.1 Å². The maximum absolute atomic E-state index is 12.7. The minimum Gasteiger partial charge on any atom is -0.390 e. The summed E-state index contributed by atoms with van der Waals surface area (Å²) < 4.78 is 32.7. The van der Waals surface area contributed by atoms with Gasteiger partial charge in [0.05, 0.1) is 18.0 Å². The molecule has 2 aliphatic rings. The van der Waals surface area contributed by atoms with Crippen molar-refractivity contribution in [1.29, 1.82) is 0 Å². The first-order chi connectivity index (χ1) is 10.0. The lowest BCUT2D eigenvalue weighted by Gasteiger charge is -2.42. The first kappa shape index (κ1) is 18.2. The fourth-order valence-corrected chi connectivity index (χ4v) is 5.62. The van der Waals surface area contributed by atoms with Gasteiger partial charge in [-0.1, -0.05) is 20.8 Å². The summed E-state index contributed by atoms with van der Waals surface area (Å²) in [6, 6.07) is -0.125. The Morgan fingerprint density at radius 2 is 2.05 bits per heavy atom. The summed E-state index contributed by atoms with van der Waals surface area (Å²) in [5.74, 6) is 0.0519. The Kier molecular flexibility index (Phi) is 5.27. The van der Waals surface area contributed by atoms with Crippen LogP contribution < -0.4 is 0 Å². The van der Waals surface area contributed by atoms with Gasteiger partial charge in [0, 0.05) is 25.1 Å². The smallest absolute Gasteiger partial charge is 0.214 e. The number of sulfonamides is 1. The molecule has 2 fully saturated rings. The van der Waals surface area contributed by atoms with Gasteiger partial charge in [-0.2, -0.15) is 4.31 Å². The van der Waals surface area contributed by atoms with Gasteiger partial charge in [-0.25, -0.2) is 8.42 Å². The van der Waals surface area contributed by atoms with Crippen molar-refractivity contribution in [3.05, 3.63) is 0 Å². The molecule has 3 atom stereocenters. The Bertz CT molecular complexity index is 481. The van der Waals surface area contributed by atoms with Gasteiger partial charge in [0.15, 0.2) is 0 Å². The van der Waals surface area contributed by atoms with Gasteiger partial charge in [0.1, 0.15) is 0 Å². The standard InChI is InChI=1S/C16H31NO4S/c1-15(2,3)8-11-22(19,20)17-9-5-6-14(17)13-12-21-10-7-16(13,4)18/h13-14,18H,5-12H2,1-4H3. The van der Waals surface area contributed by atoms with Crippen molar-refractivity contribution in [2.24, 2.45) is 11.3 Å². The molecule has 0 bridgehead atoms. The van der Waals surface area contributed by atoms with Gasteiger partial charge in [0.2, 0.25) is 10.0 Å². The lowest BCUT2D eigenvalue weighted by atomic mass is 9.80. The molecule has 0 aromatic carbocycles. The van der Waals surface area contributed by atoms with Crippen LogP contribution in [-0.2, 0) is 14.8 Å². The number of nitrogens with zero attached hydrogens (tertiary/aromatic N) is 1. The number of rotatable bonds is 4. The second-order valence-corrected chi connectivity index (χ2v) is 10.3. The van der Waals surface area contributed by atoms with E-state index >= 15 is 0 Å². The van der Waals surface area contributed by atoms with Crippen LogP contribution in [0.2, 0.25) is 0 Å². The summed E-state index contributed by atoms with van der Waals surface area (Å²) in [6.45, 7) is 9.56. The Hall–Kier alpha value is -0.170. The molecule has 0 amide bonds. The van der Waals surface area contributed by atoms with Crippen LogP contribution in [0.4, 0.5) is 0 Å². The molecule has 0 aromatic rings. The molecule has 0 spiro atoms. The molecule has 2 rings (SSSR count). The number of hydrogen-bond acceptors (Lipinski definition) is 4. The van der Waals surface area contributed by atoms with Crippen LogP contribution in [0, 0.1) is 11.3 Å². The van der Waals surface area contributed by atoms with Crippen LogP contribution in [0.15, 0.2) is 0 Å². The highest BCUT2D eigenvalue weighted by molar-refractivity contribution is 7.89. The van der Waals surface area contributed by atoms with Gasteiger partial charge in [-0.05, 0) is 38.0 Å². The first-order valence-corrected chi connectivity index (χ1v) is 9.93. The Balaban J connectivity index is 2.12. The van der Waals surface area contributed by atoms with E-state index in [2.05, 4.69) is 20.8 Å². The van der Waals surface area contributed by atoms with Crippen LogP contribution in [0.25, 0.3) is 0 Å². The van der Waals surface area contributed by atoms with Crippen LogP contribution in [-0.4, -0.2) is 55.0 Å². The molecule has 0 saturated carbocycles. The van der Waals surface area contributed by atoms with Crippen molar-refractivity contribution in [3.63, 3.8) is 0 Å². The fourth-order valence-electron chi connectivity index (χ4n) is 3.45. The highest BCUT2D eigenvalue weighted by Gasteiger charge is 2.47. The third kappa shape index (κ3) is 4.22. The predicted octanol–water partition coefficient (Wildman–Crippen LogP) is 2.00. The van der Waals surface area contributed by atoms with Crippen molar-refractivity contribution in [3.8, 4) is 0 Å². The third-order valence-corrected chi connectivity index (χ3v) is 6.92. The second kappa shape index (κ2) is 6.38. The van der Waals surface area contributed by atoms with Crippen molar-refractivity contribution in [2.45, 2.75) is 65.0 Å². The van der Waals surface area contributed by atoms with Gasteiger partial charge >= 0.3 is 0 Å².